The van der Waals surface area contributed by atoms with Gasteiger partial charge in [0.05, 0.1) is 17.7 Å². The van der Waals surface area contributed by atoms with E-state index >= 15 is 0 Å². The predicted molar refractivity (Wildman–Crippen MR) is 103 cm³/mol. The standard InChI is InChI=1S/C22H23NO4/c1-14-6-4-5-7-16(14)11-19-21(24)20-15(2)10-18-17(22(20)27-19)12-23(13-26-18)8-9-25-3/h4-7,10-11H,8-9,12-13H2,1-3H3/b19-11-. The summed E-state index contributed by atoms with van der Waals surface area (Å²) < 4.78 is 17.2. The molecule has 140 valence electrons. The molecule has 0 atom stereocenters. The first-order chi connectivity index (χ1) is 13.1. The molecule has 2 aliphatic rings. The summed E-state index contributed by atoms with van der Waals surface area (Å²) in [6, 6.07) is 9.89. The van der Waals surface area contributed by atoms with Crippen molar-refractivity contribution in [3.63, 3.8) is 0 Å². The Morgan fingerprint density at radius 1 is 1.22 bits per heavy atom. The molecule has 0 aliphatic carbocycles. The molecule has 0 fully saturated rings. The van der Waals surface area contributed by atoms with Crippen molar-refractivity contribution in [1.29, 1.82) is 0 Å². The summed E-state index contributed by atoms with van der Waals surface area (Å²) in [5.74, 6) is 1.73. The van der Waals surface area contributed by atoms with Gasteiger partial charge in [-0.1, -0.05) is 24.3 Å². The molecule has 0 spiro atoms. The number of rotatable bonds is 4. The van der Waals surface area contributed by atoms with Gasteiger partial charge >= 0.3 is 0 Å². The lowest BCUT2D eigenvalue weighted by molar-refractivity contribution is 0.0646. The first-order valence-electron chi connectivity index (χ1n) is 9.09. The lowest BCUT2D eigenvalue weighted by atomic mass is 9.98. The van der Waals surface area contributed by atoms with Crippen molar-refractivity contribution in [3.05, 3.63) is 63.9 Å². The van der Waals surface area contributed by atoms with Gasteiger partial charge < -0.3 is 14.2 Å². The molecular formula is C22H23NO4. The van der Waals surface area contributed by atoms with E-state index in [2.05, 4.69) is 4.90 Å². The first kappa shape index (κ1) is 17.8. The van der Waals surface area contributed by atoms with Gasteiger partial charge in [-0.2, -0.15) is 0 Å². The number of allylic oxidation sites excluding steroid dienone is 1. The van der Waals surface area contributed by atoms with Crippen LogP contribution >= 0.6 is 0 Å². The van der Waals surface area contributed by atoms with Crippen LogP contribution in [0.4, 0.5) is 0 Å². The number of aryl methyl sites for hydroxylation is 2. The summed E-state index contributed by atoms with van der Waals surface area (Å²) in [4.78, 5) is 15.1. The van der Waals surface area contributed by atoms with Crippen LogP contribution in [0.2, 0.25) is 0 Å². The van der Waals surface area contributed by atoms with Crippen LogP contribution in [-0.2, 0) is 11.3 Å². The minimum atomic E-state index is -0.0671. The van der Waals surface area contributed by atoms with E-state index in [0.29, 0.717) is 37.0 Å². The Hall–Kier alpha value is -2.63. The smallest absolute Gasteiger partial charge is 0.232 e. The Labute approximate surface area is 159 Å². The van der Waals surface area contributed by atoms with E-state index in [4.69, 9.17) is 14.2 Å². The SMILES string of the molecule is COCCN1COc2cc(C)c3c(c2C1)O/C(=C\c1ccccc1C)C3=O. The monoisotopic (exact) mass is 365 g/mol. The quantitative estimate of drug-likeness (QED) is 0.773. The molecule has 2 aromatic rings. The third kappa shape index (κ3) is 3.24. The maximum absolute atomic E-state index is 13.0. The Balaban J connectivity index is 1.71. The van der Waals surface area contributed by atoms with Crippen LogP contribution in [0.3, 0.4) is 0 Å². The Morgan fingerprint density at radius 2 is 2.04 bits per heavy atom. The second-order valence-electron chi connectivity index (χ2n) is 6.99. The molecule has 2 aromatic carbocycles. The lowest BCUT2D eigenvalue weighted by Crippen LogP contribution is -2.34. The number of hydrogen-bond acceptors (Lipinski definition) is 5. The number of hydrogen-bond donors (Lipinski definition) is 0. The van der Waals surface area contributed by atoms with Crippen molar-refractivity contribution in [3.8, 4) is 11.5 Å². The number of ether oxygens (including phenoxy) is 3. The maximum atomic E-state index is 13.0. The molecule has 0 bridgehead atoms. The average molecular weight is 365 g/mol. The van der Waals surface area contributed by atoms with E-state index < -0.39 is 0 Å². The molecule has 2 heterocycles. The Bertz CT molecular complexity index is 932. The summed E-state index contributed by atoms with van der Waals surface area (Å²) in [5, 5.41) is 0. The van der Waals surface area contributed by atoms with Gasteiger partial charge in [-0.15, -0.1) is 0 Å². The number of carbonyl (C=O) groups excluding carboxylic acids is 1. The van der Waals surface area contributed by atoms with E-state index in [0.717, 1.165) is 34.5 Å². The second-order valence-corrected chi connectivity index (χ2v) is 6.99. The summed E-state index contributed by atoms with van der Waals surface area (Å²) in [7, 11) is 1.68. The zero-order valence-corrected chi connectivity index (χ0v) is 15.9. The van der Waals surface area contributed by atoms with Crippen LogP contribution in [-0.4, -0.2) is 37.7 Å². The number of fused-ring (bicyclic) bond motifs is 3. The molecule has 27 heavy (non-hydrogen) atoms. The molecule has 0 saturated carbocycles. The van der Waals surface area contributed by atoms with Crippen molar-refractivity contribution < 1.29 is 19.0 Å². The van der Waals surface area contributed by atoms with Gasteiger partial charge in [0.1, 0.15) is 18.2 Å². The van der Waals surface area contributed by atoms with Crippen molar-refractivity contribution in [2.75, 3.05) is 27.0 Å². The highest BCUT2D eigenvalue weighted by atomic mass is 16.5. The largest absolute Gasteiger partial charge is 0.478 e. The third-order valence-electron chi connectivity index (χ3n) is 5.07. The topological polar surface area (TPSA) is 48.0 Å². The third-order valence-corrected chi connectivity index (χ3v) is 5.07. The van der Waals surface area contributed by atoms with Crippen molar-refractivity contribution >= 4 is 11.9 Å². The molecule has 0 N–H and O–H groups in total. The summed E-state index contributed by atoms with van der Waals surface area (Å²) in [6.07, 6.45) is 1.83. The van der Waals surface area contributed by atoms with Crippen LogP contribution in [0.5, 0.6) is 11.5 Å². The number of Topliss-reactive ketones (excluding diaryl/α,β-unsaturated/α-hetero) is 1. The summed E-state index contributed by atoms with van der Waals surface area (Å²) >= 11 is 0. The van der Waals surface area contributed by atoms with Gasteiger partial charge in [-0.05, 0) is 42.7 Å². The van der Waals surface area contributed by atoms with Crippen LogP contribution in [0.1, 0.15) is 32.6 Å². The molecule has 5 nitrogen and oxygen atoms in total. The van der Waals surface area contributed by atoms with E-state index in [9.17, 15) is 4.79 Å². The predicted octanol–water partition coefficient (Wildman–Crippen LogP) is 3.72. The zero-order valence-electron chi connectivity index (χ0n) is 15.9. The van der Waals surface area contributed by atoms with E-state index in [-0.39, 0.29) is 5.78 Å². The Kier molecular flexibility index (Phi) is 4.72. The van der Waals surface area contributed by atoms with Gasteiger partial charge in [0.15, 0.2) is 5.76 Å². The number of carbonyl (C=O) groups is 1. The molecular weight excluding hydrogens is 342 g/mol. The Morgan fingerprint density at radius 3 is 2.81 bits per heavy atom. The van der Waals surface area contributed by atoms with Crippen LogP contribution in [0.25, 0.3) is 6.08 Å². The van der Waals surface area contributed by atoms with Gasteiger partial charge in [0.25, 0.3) is 0 Å². The van der Waals surface area contributed by atoms with E-state index in [1.54, 1.807) is 7.11 Å². The minimum Gasteiger partial charge on any atom is -0.478 e. The normalized spacial score (nSPS) is 17.4. The highest BCUT2D eigenvalue weighted by Gasteiger charge is 2.35. The highest BCUT2D eigenvalue weighted by Crippen LogP contribution is 2.44. The molecule has 0 aromatic heterocycles. The number of benzene rings is 2. The average Bonchev–Trinajstić information content (AvgIpc) is 2.99. The summed E-state index contributed by atoms with van der Waals surface area (Å²) in [6.45, 7) is 6.52. The van der Waals surface area contributed by atoms with Crippen molar-refractivity contribution in [2.24, 2.45) is 0 Å². The van der Waals surface area contributed by atoms with Gasteiger partial charge in [-0.3, -0.25) is 9.69 Å². The van der Waals surface area contributed by atoms with Gasteiger partial charge in [0, 0.05) is 20.2 Å². The van der Waals surface area contributed by atoms with Gasteiger partial charge in [-0.25, -0.2) is 0 Å². The number of nitrogens with zero attached hydrogens (tertiary/aromatic N) is 1. The number of ketones is 1. The molecule has 0 saturated heterocycles. The second kappa shape index (κ2) is 7.18. The minimum absolute atomic E-state index is 0.0671. The van der Waals surface area contributed by atoms with Crippen LogP contribution in [0.15, 0.2) is 36.1 Å². The molecule has 5 heteroatoms. The number of methoxy groups -OCH3 is 1. The first-order valence-corrected chi connectivity index (χ1v) is 9.09. The fourth-order valence-corrected chi connectivity index (χ4v) is 3.53. The van der Waals surface area contributed by atoms with Crippen molar-refractivity contribution in [2.45, 2.75) is 20.4 Å². The zero-order chi connectivity index (χ0) is 19.0. The fraction of sp³-hybridized carbons (Fsp3) is 0.318. The highest BCUT2D eigenvalue weighted by molar-refractivity contribution is 6.16. The van der Waals surface area contributed by atoms with Gasteiger partial charge in [0.2, 0.25) is 5.78 Å². The molecule has 0 amide bonds. The fourth-order valence-electron chi connectivity index (χ4n) is 3.53. The molecule has 4 rings (SSSR count). The van der Waals surface area contributed by atoms with Crippen LogP contribution < -0.4 is 9.47 Å². The molecule has 0 radical (unpaired) electrons. The molecule has 2 aliphatic heterocycles. The van der Waals surface area contributed by atoms with Crippen molar-refractivity contribution in [1.82, 2.24) is 4.90 Å². The molecule has 0 unspecified atom stereocenters. The lowest BCUT2D eigenvalue weighted by Gasteiger charge is -2.29. The van der Waals surface area contributed by atoms with E-state index in [1.807, 2.05) is 50.3 Å². The van der Waals surface area contributed by atoms with Crippen LogP contribution in [0, 0.1) is 13.8 Å². The summed E-state index contributed by atoms with van der Waals surface area (Å²) in [5.41, 5.74) is 4.54. The maximum Gasteiger partial charge on any atom is 0.232 e. The van der Waals surface area contributed by atoms with E-state index in [1.165, 1.54) is 0 Å².